The van der Waals surface area contributed by atoms with Gasteiger partial charge in [-0.05, 0) is 6.08 Å². The van der Waals surface area contributed by atoms with Gasteiger partial charge in [0.1, 0.15) is 6.29 Å². The van der Waals surface area contributed by atoms with Crippen LogP contribution in [0, 0.1) is 0 Å². The zero-order chi connectivity index (χ0) is 10.3. The molecule has 0 aliphatic rings. The normalized spacial score (nSPS) is 9.92. The van der Waals surface area contributed by atoms with Gasteiger partial charge in [0.05, 0.1) is 4.99 Å². The van der Waals surface area contributed by atoms with Crippen LogP contribution in [0.2, 0.25) is 0 Å². The van der Waals surface area contributed by atoms with Gasteiger partial charge in [-0.1, -0.05) is 12.2 Å². The summed E-state index contributed by atoms with van der Waals surface area (Å²) in [6.07, 6.45) is 3.40. The Morgan fingerprint density at radius 1 is 1.62 bits per heavy atom. The largest absolute Gasteiger partial charge is 0.393 e. The number of carbonyl (C=O) groups excluding carboxylic acids is 2. The van der Waals surface area contributed by atoms with Gasteiger partial charge in [-0.15, -0.1) is 0 Å². The molecule has 13 heavy (non-hydrogen) atoms. The summed E-state index contributed by atoms with van der Waals surface area (Å²) in [6.45, 7) is 0.470. The van der Waals surface area contributed by atoms with Crippen LogP contribution in [0.15, 0.2) is 12.2 Å². The van der Waals surface area contributed by atoms with Crippen molar-refractivity contribution < 1.29 is 9.59 Å². The molecule has 0 aliphatic carbocycles. The van der Waals surface area contributed by atoms with E-state index >= 15 is 0 Å². The molecule has 0 atom stereocenters. The van der Waals surface area contributed by atoms with Gasteiger partial charge in [0.25, 0.3) is 0 Å². The molecule has 0 saturated heterocycles. The number of hydrogen-bond donors (Lipinski definition) is 1. The van der Waals surface area contributed by atoms with Crippen molar-refractivity contribution in [2.75, 3.05) is 13.6 Å². The van der Waals surface area contributed by atoms with E-state index < -0.39 is 0 Å². The minimum absolute atomic E-state index is 0.233. The van der Waals surface area contributed by atoms with Crippen LogP contribution in [0.25, 0.3) is 0 Å². The lowest BCUT2D eigenvalue weighted by atomic mass is 10.3. The van der Waals surface area contributed by atoms with Gasteiger partial charge in [-0.3, -0.25) is 9.59 Å². The SMILES string of the molecule is CN(CCC(N)=S)C(=O)/C=C\C=O. The predicted molar refractivity (Wildman–Crippen MR) is 54.2 cm³/mol. The van der Waals surface area contributed by atoms with Crippen molar-refractivity contribution in [2.45, 2.75) is 6.42 Å². The number of allylic oxidation sites excluding steroid dienone is 1. The van der Waals surface area contributed by atoms with Crippen LogP contribution in [0.5, 0.6) is 0 Å². The lowest BCUT2D eigenvalue weighted by Gasteiger charge is -2.13. The van der Waals surface area contributed by atoms with E-state index in [0.29, 0.717) is 24.2 Å². The molecule has 0 bridgehead atoms. The summed E-state index contributed by atoms with van der Waals surface area (Å²) in [5.74, 6) is -0.233. The van der Waals surface area contributed by atoms with Crippen molar-refractivity contribution in [3.05, 3.63) is 12.2 Å². The third kappa shape index (κ3) is 5.98. The third-order valence-electron chi connectivity index (χ3n) is 1.39. The number of nitrogens with two attached hydrogens (primary N) is 1. The number of aldehydes is 1. The van der Waals surface area contributed by atoms with Gasteiger partial charge < -0.3 is 10.6 Å². The highest BCUT2D eigenvalue weighted by Crippen LogP contribution is 1.90. The lowest BCUT2D eigenvalue weighted by Crippen LogP contribution is -2.28. The molecule has 0 saturated carbocycles. The number of rotatable bonds is 5. The minimum atomic E-state index is -0.233. The van der Waals surface area contributed by atoms with E-state index in [4.69, 9.17) is 5.73 Å². The van der Waals surface area contributed by atoms with Gasteiger partial charge >= 0.3 is 0 Å². The summed E-state index contributed by atoms with van der Waals surface area (Å²) in [5, 5.41) is 0. The lowest BCUT2D eigenvalue weighted by molar-refractivity contribution is -0.124. The highest BCUT2D eigenvalue weighted by molar-refractivity contribution is 7.80. The molecule has 0 radical (unpaired) electrons. The van der Waals surface area contributed by atoms with Gasteiger partial charge in [0.15, 0.2) is 0 Å². The standard InChI is InChI=1S/C8H12N2O2S/c1-10(5-4-7(9)13)8(12)3-2-6-11/h2-3,6H,4-5H2,1H3,(H2,9,13)/b3-2-. The summed E-state index contributed by atoms with van der Waals surface area (Å²) in [4.78, 5) is 22.8. The second kappa shape index (κ2) is 6.30. The maximum absolute atomic E-state index is 11.1. The molecule has 0 aromatic rings. The minimum Gasteiger partial charge on any atom is -0.393 e. The molecule has 2 N–H and O–H groups in total. The highest BCUT2D eigenvalue weighted by Gasteiger charge is 2.03. The van der Waals surface area contributed by atoms with Crippen molar-refractivity contribution in [1.82, 2.24) is 4.90 Å². The fourth-order valence-corrected chi connectivity index (χ4v) is 0.728. The topological polar surface area (TPSA) is 63.4 Å². The first-order valence-corrected chi connectivity index (χ1v) is 4.14. The zero-order valence-electron chi connectivity index (χ0n) is 7.40. The maximum atomic E-state index is 11.1. The Morgan fingerprint density at radius 3 is 2.69 bits per heavy atom. The molecule has 0 heterocycles. The molecule has 0 rings (SSSR count). The van der Waals surface area contributed by atoms with E-state index in [1.54, 1.807) is 7.05 Å². The monoisotopic (exact) mass is 200 g/mol. The molecule has 5 heteroatoms. The Labute approximate surface area is 82.4 Å². The van der Waals surface area contributed by atoms with E-state index in [0.717, 1.165) is 6.08 Å². The van der Waals surface area contributed by atoms with Crippen LogP contribution in [0.3, 0.4) is 0 Å². The Morgan fingerprint density at radius 2 is 2.23 bits per heavy atom. The van der Waals surface area contributed by atoms with Crippen molar-refractivity contribution in [3.63, 3.8) is 0 Å². The van der Waals surface area contributed by atoms with Crippen LogP contribution in [0.1, 0.15) is 6.42 Å². The van der Waals surface area contributed by atoms with Crippen LogP contribution in [-0.2, 0) is 9.59 Å². The van der Waals surface area contributed by atoms with Gasteiger partial charge in [0.2, 0.25) is 5.91 Å². The highest BCUT2D eigenvalue weighted by atomic mass is 32.1. The zero-order valence-corrected chi connectivity index (χ0v) is 8.21. The fraction of sp³-hybridized carbons (Fsp3) is 0.375. The summed E-state index contributed by atoms with van der Waals surface area (Å²) in [5.41, 5.74) is 5.26. The summed E-state index contributed by atoms with van der Waals surface area (Å²) in [7, 11) is 1.62. The van der Waals surface area contributed by atoms with Crippen LogP contribution in [-0.4, -0.2) is 35.7 Å². The Hall–Kier alpha value is -1.23. The number of likely N-dealkylation sites (N-methyl/N-ethyl adjacent to an activating group) is 1. The van der Waals surface area contributed by atoms with Crippen LogP contribution in [0.4, 0.5) is 0 Å². The van der Waals surface area contributed by atoms with Crippen LogP contribution < -0.4 is 5.73 Å². The van der Waals surface area contributed by atoms with Crippen molar-refractivity contribution >= 4 is 29.4 Å². The first kappa shape index (κ1) is 11.8. The summed E-state index contributed by atoms with van der Waals surface area (Å²) in [6, 6.07) is 0. The molecule has 1 amide bonds. The molecule has 0 aromatic heterocycles. The predicted octanol–water partition coefficient (Wildman–Crippen LogP) is -0.124. The molecule has 0 aliphatic heterocycles. The van der Waals surface area contributed by atoms with Crippen molar-refractivity contribution in [2.24, 2.45) is 5.73 Å². The number of carbonyl (C=O) groups is 2. The Bertz CT molecular complexity index is 238. The van der Waals surface area contributed by atoms with E-state index in [1.807, 2.05) is 0 Å². The average molecular weight is 200 g/mol. The second-order valence-corrected chi connectivity index (χ2v) is 3.00. The van der Waals surface area contributed by atoms with Gasteiger partial charge in [-0.2, -0.15) is 0 Å². The fourth-order valence-electron chi connectivity index (χ4n) is 0.637. The molecular formula is C8H12N2O2S. The molecular weight excluding hydrogens is 188 g/mol. The van der Waals surface area contributed by atoms with Crippen molar-refractivity contribution in [3.8, 4) is 0 Å². The van der Waals surface area contributed by atoms with Gasteiger partial charge in [0, 0.05) is 26.1 Å². The third-order valence-corrected chi connectivity index (χ3v) is 1.59. The average Bonchev–Trinajstić information content (AvgIpc) is 2.10. The molecule has 0 spiro atoms. The molecule has 0 fully saturated rings. The first-order valence-electron chi connectivity index (χ1n) is 3.73. The summed E-state index contributed by atoms with van der Waals surface area (Å²) >= 11 is 4.65. The maximum Gasteiger partial charge on any atom is 0.246 e. The van der Waals surface area contributed by atoms with E-state index in [-0.39, 0.29) is 5.91 Å². The number of nitrogens with zero attached hydrogens (tertiary/aromatic N) is 1. The van der Waals surface area contributed by atoms with E-state index in [2.05, 4.69) is 12.2 Å². The van der Waals surface area contributed by atoms with Crippen LogP contribution >= 0.6 is 12.2 Å². The smallest absolute Gasteiger partial charge is 0.246 e. The molecule has 0 aromatic carbocycles. The first-order chi connectivity index (χ1) is 6.07. The molecule has 0 unspecified atom stereocenters. The number of thiocarbonyl (C=S) groups is 1. The summed E-state index contributed by atoms with van der Waals surface area (Å²) < 4.78 is 0. The van der Waals surface area contributed by atoms with Gasteiger partial charge in [-0.25, -0.2) is 0 Å². The molecule has 4 nitrogen and oxygen atoms in total. The van der Waals surface area contributed by atoms with E-state index in [9.17, 15) is 9.59 Å². The Balaban J connectivity index is 3.89. The van der Waals surface area contributed by atoms with Crippen molar-refractivity contribution in [1.29, 1.82) is 0 Å². The quantitative estimate of drug-likeness (QED) is 0.381. The second-order valence-electron chi connectivity index (χ2n) is 2.47. The Kier molecular flexibility index (Phi) is 5.71. The number of hydrogen-bond acceptors (Lipinski definition) is 3. The molecule has 72 valence electrons. The number of amides is 1. The van der Waals surface area contributed by atoms with E-state index in [1.165, 1.54) is 11.0 Å².